The molecule has 1 N–H and O–H groups in total. The second-order valence-electron chi connectivity index (χ2n) is 4.86. The van der Waals surface area contributed by atoms with Crippen molar-refractivity contribution < 1.29 is 14.3 Å². The number of hydrogen-bond donors (Lipinski definition) is 1. The number of rotatable bonds is 2. The maximum absolute atomic E-state index is 11.0. The summed E-state index contributed by atoms with van der Waals surface area (Å²) in [5, 5.41) is 9.05. The van der Waals surface area contributed by atoms with Crippen LogP contribution in [0.15, 0.2) is 10.5 Å². The first-order valence-electron chi connectivity index (χ1n) is 6.11. The Kier molecular flexibility index (Phi) is 3.18. The van der Waals surface area contributed by atoms with Crippen molar-refractivity contribution in [2.45, 2.75) is 34.6 Å². The summed E-state index contributed by atoms with van der Waals surface area (Å²) in [6.45, 7) is 9.67. The van der Waals surface area contributed by atoms with Crippen molar-refractivity contribution in [2.24, 2.45) is 0 Å². The molecule has 0 saturated carbocycles. The minimum atomic E-state index is -1.06. The Morgan fingerprint density at radius 2 is 1.63 bits per heavy atom. The van der Waals surface area contributed by atoms with Crippen LogP contribution in [-0.4, -0.2) is 16.1 Å². The van der Waals surface area contributed by atoms with Crippen molar-refractivity contribution >= 4 is 5.97 Å². The van der Waals surface area contributed by atoms with Crippen molar-refractivity contribution in [3.05, 3.63) is 39.8 Å². The highest BCUT2D eigenvalue weighted by Crippen LogP contribution is 2.32. The van der Waals surface area contributed by atoms with Gasteiger partial charge in [0.2, 0.25) is 5.89 Å². The topological polar surface area (TPSA) is 63.3 Å². The minimum Gasteiger partial charge on any atom is -0.476 e. The summed E-state index contributed by atoms with van der Waals surface area (Å²) in [5.41, 5.74) is 5.31. The van der Waals surface area contributed by atoms with E-state index in [0.29, 0.717) is 11.7 Å². The van der Waals surface area contributed by atoms with E-state index < -0.39 is 5.97 Å². The fourth-order valence-electron chi connectivity index (χ4n) is 2.24. The highest BCUT2D eigenvalue weighted by atomic mass is 16.4. The number of aromatic carboxylic acids is 1. The van der Waals surface area contributed by atoms with Crippen LogP contribution in [0.5, 0.6) is 0 Å². The fraction of sp³-hybridized carbons (Fsp3) is 0.333. The van der Waals surface area contributed by atoms with E-state index in [0.717, 1.165) is 27.8 Å². The van der Waals surface area contributed by atoms with E-state index in [2.05, 4.69) is 11.1 Å². The summed E-state index contributed by atoms with van der Waals surface area (Å²) in [6, 6.07) is 2.11. The summed E-state index contributed by atoms with van der Waals surface area (Å²) < 4.78 is 5.54. The summed E-state index contributed by atoms with van der Waals surface area (Å²) in [6.07, 6.45) is 0. The van der Waals surface area contributed by atoms with Crippen LogP contribution in [0.2, 0.25) is 0 Å². The molecular weight excluding hydrogens is 242 g/mol. The molecule has 0 aliphatic carbocycles. The van der Waals surface area contributed by atoms with Gasteiger partial charge in [-0.3, -0.25) is 0 Å². The fourth-order valence-corrected chi connectivity index (χ4v) is 2.24. The van der Waals surface area contributed by atoms with Crippen LogP contribution in [-0.2, 0) is 0 Å². The first kappa shape index (κ1) is 13.3. The molecule has 0 aliphatic rings. The van der Waals surface area contributed by atoms with Gasteiger partial charge < -0.3 is 9.52 Å². The Bertz CT molecular complexity index is 642. The first-order valence-corrected chi connectivity index (χ1v) is 6.11. The average molecular weight is 259 g/mol. The van der Waals surface area contributed by atoms with Gasteiger partial charge in [0.05, 0.1) is 0 Å². The summed E-state index contributed by atoms with van der Waals surface area (Å²) in [5.74, 6) is -0.343. The maximum atomic E-state index is 11.0. The van der Waals surface area contributed by atoms with Gasteiger partial charge in [-0.2, -0.15) is 0 Å². The molecule has 4 heteroatoms. The summed E-state index contributed by atoms with van der Waals surface area (Å²) in [7, 11) is 0. The zero-order chi connectivity index (χ0) is 14.3. The Morgan fingerprint density at radius 1 is 1.11 bits per heavy atom. The van der Waals surface area contributed by atoms with Crippen molar-refractivity contribution in [2.75, 3.05) is 0 Å². The molecule has 0 unspecified atom stereocenters. The van der Waals surface area contributed by atoms with E-state index in [1.807, 2.05) is 27.7 Å². The first-order chi connectivity index (χ1) is 8.82. The number of aromatic nitrogens is 1. The molecule has 0 aliphatic heterocycles. The van der Waals surface area contributed by atoms with Crippen LogP contribution >= 0.6 is 0 Å². The normalized spacial score (nSPS) is 10.8. The standard InChI is InChI=1S/C15H17NO3/c1-7-6-8(2)10(4)12(9(7)3)14-16-13(15(17)18)11(5)19-14/h6H,1-5H3,(H,17,18). The molecule has 0 atom stereocenters. The van der Waals surface area contributed by atoms with E-state index in [9.17, 15) is 4.79 Å². The lowest BCUT2D eigenvalue weighted by Gasteiger charge is -2.12. The molecule has 0 amide bonds. The zero-order valence-electron chi connectivity index (χ0n) is 11.8. The monoisotopic (exact) mass is 259 g/mol. The Morgan fingerprint density at radius 3 is 2.05 bits per heavy atom. The predicted molar refractivity (Wildman–Crippen MR) is 72.6 cm³/mol. The Labute approximate surface area is 112 Å². The molecule has 2 aromatic rings. The summed E-state index contributed by atoms with van der Waals surface area (Å²) in [4.78, 5) is 15.2. The number of benzene rings is 1. The third-order valence-corrected chi connectivity index (χ3v) is 3.58. The quantitative estimate of drug-likeness (QED) is 0.895. The number of nitrogens with zero attached hydrogens (tertiary/aromatic N) is 1. The third-order valence-electron chi connectivity index (χ3n) is 3.58. The van der Waals surface area contributed by atoms with Gasteiger partial charge in [-0.15, -0.1) is 0 Å². The third kappa shape index (κ3) is 2.14. The zero-order valence-corrected chi connectivity index (χ0v) is 11.8. The molecule has 0 fully saturated rings. The molecular formula is C15H17NO3. The number of hydrogen-bond acceptors (Lipinski definition) is 3. The van der Waals surface area contributed by atoms with E-state index in [4.69, 9.17) is 9.52 Å². The Balaban J connectivity index is 2.72. The molecule has 19 heavy (non-hydrogen) atoms. The molecule has 2 rings (SSSR count). The van der Waals surface area contributed by atoms with Crippen LogP contribution in [0.1, 0.15) is 38.5 Å². The van der Waals surface area contributed by atoms with Crippen molar-refractivity contribution in [1.29, 1.82) is 0 Å². The van der Waals surface area contributed by atoms with E-state index in [1.165, 1.54) is 0 Å². The lowest BCUT2D eigenvalue weighted by atomic mass is 9.94. The van der Waals surface area contributed by atoms with Crippen LogP contribution < -0.4 is 0 Å². The Hall–Kier alpha value is -2.10. The number of carbonyl (C=O) groups is 1. The average Bonchev–Trinajstić information content (AvgIpc) is 2.69. The van der Waals surface area contributed by atoms with Gasteiger partial charge in [0.25, 0.3) is 0 Å². The van der Waals surface area contributed by atoms with E-state index >= 15 is 0 Å². The summed E-state index contributed by atoms with van der Waals surface area (Å²) >= 11 is 0. The van der Waals surface area contributed by atoms with Crippen LogP contribution in [0.3, 0.4) is 0 Å². The SMILES string of the molecule is Cc1cc(C)c(C)c(-c2nc(C(=O)O)c(C)o2)c1C. The molecule has 100 valence electrons. The maximum Gasteiger partial charge on any atom is 0.358 e. The number of carboxylic acids is 1. The molecule has 0 spiro atoms. The van der Waals surface area contributed by atoms with Gasteiger partial charge in [-0.05, 0) is 56.9 Å². The van der Waals surface area contributed by atoms with Gasteiger partial charge in [-0.25, -0.2) is 9.78 Å². The van der Waals surface area contributed by atoms with Crippen LogP contribution in [0, 0.1) is 34.6 Å². The molecule has 1 aromatic carbocycles. The van der Waals surface area contributed by atoms with Crippen molar-refractivity contribution in [1.82, 2.24) is 4.98 Å². The molecule has 0 radical (unpaired) electrons. The van der Waals surface area contributed by atoms with Crippen molar-refractivity contribution in [3.8, 4) is 11.5 Å². The van der Waals surface area contributed by atoms with Crippen molar-refractivity contribution in [3.63, 3.8) is 0 Å². The second-order valence-corrected chi connectivity index (χ2v) is 4.86. The smallest absolute Gasteiger partial charge is 0.358 e. The van der Waals surface area contributed by atoms with Gasteiger partial charge in [0, 0.05) is 5.56 Å². The van der Waals surface area contributed by atoms with Crippen LogP contribution in [0.4, 0.5) is 0 Å². The lowest BCUT2D eigenvalue weighted by Crippen LogP contribution is -1.99. The van der Waals surface area contributed by atoms with Gasteiger partial charge in [0.1, 0.15) is 5.76 Å². The second kappa shape index (κ2) is 4.53. The van der Waals surface area contributed by atoms with Gasteiger partial charge in [-0.1, -0.05) is 6.07 Å². The molecule has 1 heterocycles. The van der Waals surface area contributed by atoms with E-state index in [1.54, 1.807) is 6.92 Å². The molecule has 4 nitrogen and oxygen atoms in total. The minimum absolute atomic E-state index is 0.0204. The predicted octanol–water partition coefficient (Wildman–Crippen LogP) is 3.58. The van der Waals surface area contributed by atoms with Gasteiger partial charge in [0.15, 0.2) is 5.69 Å². The molecule has 1 aromatic heterocycles. The highest BCUT2D eigenvalue weighted by Gasteiger charge is 2.20. The van der Waals surface area contributed by atoms with Crippen LogP contribution in [0.25, 0.3) is 11.5 Å². The highest BCUT2D eigenvalue weighted by molar-refractivity contribution is 5.87. The largest absolute Gasteiger partial charge is 0.476 e. The molecule has 0 saturated heterocycles. The molecule has 0 bridgehead atoms. The number of carboxylic acid groups (broad SMARTS) is 1. The van der Waals surface area contributed by atoms with Gasteiger partial charge >= 0.3 is 5.97 Å². The number of aryl methyl sites for hydroxylation is 3. The lowest BCUT2D eigenvalue weighted by molar-refractivity contribution is 0.0689. The number of oxazole rings is 1. The van der Waals surface area contributed by atoms with E-state index in [-0.39, 0.29) is 5.69 Å².